The predicted molar refractivity (Wildman–Crippen MR) is 72.5 cm³/mol. The molecule has 1 aromatic rings. The molecule has 0 fully saturated rings. The van der Waals surface area contributed by atoms with E-state index in [0.29, 0.717) is 19.7 Å². The van der Waals surface area contributed by atoms with Gasteiger partial charge >= 0.3 is 0 Å². The topological polar surface area (TPSA) is 85.2 Å². The first-order chi connectivity index (χ1) is 9.10. The van der Waals surface area contributed by atoms with Crippen LogP contribution in [-0.4, -0.2) is 52.1 Å². The standard InChI is InChI=1S/C11H22N4O3S/c1-12-6-7-15-10-11(9-13-15)19(16,17)14-5-3-4-8-18-2/h9-10,12,14H,3-8H2,1-2H3. The first kappa shape index (κ1) is 16.1. The summed E-state index contributed by atoms with van der Waals surface area (Å²) < 4.78 is 32.9. The van der Waals surface area contributed by atoms with E-state index in [1.54, 1.807) is 11.8 Å². The van der Waals surface area contributed by atoms with Crippen LogP contribution >= 0.6 is 0 Å². The van der Waals surface area contributed by atoms with Gasteiger partial charge in [-0.2, -0.15) is 5.10 Å². The molecule has 0 spiro atoms. The summed E-state index contributed by atoms with van der Waals surface area (Å²) in [6, 6.07) is 0. The van der Waals surface area contributed by atoms with Crippen molar-refractivity contribution in [1.82, 2.24) is 19.8 Å². The van der Waals surface area contributed by atoms with Gasteiger partial charge in [0.15, 0.2) is 0 Å². The van der Waals surface area contributed by atoms with Gasteiger partial charge < -0.3 is 10.1 Å². The van der Waals surface area contributed by atoms with Gasteiger partial charge in [0.05, 0.1) is 12.7 Å². The molecule has 0 aliphatic heterocycles. The van der Waals surface area contributed by atoms with Gasteiger partial charge in [-0.25, -0.2) is 13.1 Å². The van der Waals surface area contributed by atoms with Crippen LogP contribution in [0.3, 0.4) is 0 Å². The zero-order valence-corrected chi connectivity index (χ0v) is 12.2. The third-order valence-corrected chi connectivity index (χ3v) is 3.99. The van der Waals surface area contributed by atoms with Gasteiger partial charge in [-0.05, 0) is 19.9 Å². The van der Waals surface area contributed by atoms with Gasteiger partial charge in [0, 0.05) is 33.0 Å². The van der Waals surface area contributed by atoms with Crippen LogP contribution in [-0.2, 0) is 21.3 Å². The maximum absolute atomic E-state index is 11.9. The van der Waals surface area contributed by atoms with Crippen LogP contribution in [0.1, 0.15) is 12.8 Å². The van der Waals surface area contributed by atoms with Crippen LogP contribution in [0.25, 0.3) is 0 Å². The summed E-state index contributed by atoms with van der Waals surface area (Å²) in [5.74, 6) is 0. The third-order valence-electron chi connectivity index (χ3n) is 2.58. The summed E-state index contributed by atoms with van der Waals surface area (Å²) in [5, 5.41) is 7.00. The van der Waals surface area contributed by atoms with E-state index >= 15 is 0 Å². The monoisotopic (exact) mass is 290 g/mol. The highest BCUT2D eigenvalue weighted by molar-refractivity contribution is 7.89. The number of hydrogen-bond donors (Lipinski definition) is 2. The van der Waals surface area contributed by atoms with E-state index in [4.69, 9.17) is 4.74 Å². The first-order valence-corrected chi connectivity index (χ1v) is 7.74. The quantitative estimate of drug-likeness (QED) is 0.583. The van der Waals surface area contributed by atoms with E-state index in [1.165, 1.54) is 12.4 Å². The summed E-state index contributed by atoms with van der Waals surface area (Å²) in [6.07, 6.45) is 4.49. The van der Waals surface area contributed by atoms with Crippen molar-refractivity contribution in [2.75, 3.05) is 33.9 Å². The van der Waals surface area contributed by atoms with Crippen molar-refractivity contribution in [3.05, 3.63) is 12.4 Å². The smallest absolute Gasteiger partial charge is 0.243 e. The lowest BCUT2D eigenvalue weighted by Crippen LogP contribution is -2.24. The molecular weight excluding hydrogens is 268 g/mol. The minimum atomic E-state index is -3.45. The molecule has 0 radical (unpaired) electrons. The highest BCUT2D eigenvalue weighted by Crippen LogP contribution is 2.06. The lowest BCUT2D eigenvalue weighted by Gasteiger charge is -2.04. The summed E-state index contributed by atoms with van der Waals surface area (Å²) in [6.45, 7) is 2.43. The number of sulfonamides is 1. The molecular formula is C11H22N4O3S. The van der Waals surface area contributed by atoms with Crippen molar-refractivity contribution in [2.45, 2.75) is 24.3 Å². The number of unbranched alkanes of at least 4 members (excludes halogenated alkanes) is 1. The number of likely N-dealkylation sites (N-methyl/N-ethyl adjacent to an activating group) is 1. The molecule has 8 heteroatoms. The van der Waals surface area contributed by atoms with E-state index in [9.17, 15) is 8.42 Å². The molecule has 7 nitrogen and oxygen atoms in total. The molecule has 1 aromatic heterocycles. The fraction of sp³-hybridized carbons (Fsp3) is 0.727. The van der Waals surface area contributed by atoms with Crippen LogP contribution in [0, 0.1) is 0 Å². The number of nitrogens with zero attached hydrogens (tertiary/aromatic N) is 2. The Kier molecular flexibility index (Phi) is 7.00. The van der Waals surface area contributed by atoms with Gasteiger partial charge in [0.1, 0.15) is 4.90 Å². The summed E-state index contributed by atoms with van der Waals surface area (Å²) >= 11 is 0. The fourth-order valence-electron chi connectivity index (χ4n) is 1.49. The second-order valence-electron chi connectivity index (χ2n) is 4.14. The van der Waals surface area contributed by atoms with E-state index in [0.717, 1.165) is 19.4 Å². The van der Waals surface area contributed by atoms with Crippen molar-refractivity contribution < 1.29 is 13.2 Å². The van der Waals surface area contributed by atoms with Gasteiger partial charge in [0.25, 0.3) is 0 Å². The Balaban J connectivity index is 2.45. The molecule has 0 bridgehead atoms. The van der Waals surface area contributed by atoms with Crippen LogP contribution in [0.4, 0.5) is 0 Å². The Morgan fingerprint density at radius 1 is 1.37 bits per heavy atom. The van der Waals surface area contributed by atoms with E-state index < -0.39 is 10.0 Å². The number of ether oxygens (including phenoxy) is 1. The molecule has 0 unspecified atom stereocenters. The van der Waals surface area contributed by atoms with Gasteiger partial charge in [-0.15, -0.1) is 0 Å². The Hall–Kier alpha value is -0.960. The second-order valence-corrected chi connectivity index (χ2v) is 5.91. The molecule has 0 aromatic carbocycles. The van der Waals surface area contributed by atoms with Crippen molar-refractivity contribution in [2.24, 2.45) is 0 Å². The van der Waals surface area contributed by atoms with E-state index in [2.05, 4.69) is 15.1 Å². The van der Waals surface area contributed by atoms with Crippen LogP contribution < -0.4 is 10.0 Å². The van der Waals surface area contributed by atoms with Gasteiger partial charge in [0.2, 0.25) is 10.0 Å². The molecule has 110 valence electrons. The highest BCUT2D eigenvalue weighted by atomic mass is 32.2. The number of nitrogens with one attached hydrogen (secondary N) is 2. The molecule has 1 heterocycles. The largest absolute Gasteiger partial charge is 0.385 e. The minimum Gasteiger partial charge on any atom is -0.385 e. The average Bonchev–Trinajstić information content (AvgIpc) is 2.85. The normalized spacial score (nSPS) is 11.9. The maximum atomic E-state index is 11.9. The third kappa shape index (κ3) is 5.68. The summed E-state index contributed by atoms with van der Waals surface area (Å²) in [4.78, 5) is 0.204. The zero-order chi connectivity index (χ0) is 14.1. The molecule has 19 heavy (non-hydrogen) atoms. The lowest BCUT2D eigenvalue weighted by molar-refractivity contribution is 0.193. The van der Waals surface area contributed by atoms with Crippen molar-refractivity contribution >= 4 is 10.0 Å². The number of methoxy groups -OCH3 is 1. The summed E-state index contributed by atoms with van der Waals surface area (Å²) in [7, 11) is 0.0185. The lowest BCUT2D eigenvalue weighted by atomic mass is 10.3. The first-order valence-electron chi connectivity index (χ1n) is 6.26. The maximum Gasteiger partial charge on any atom is 0.243 e. The number of hydrogen-bond acceptors (Lipinski definition) is 5. The Bertz CT molecular complexity index is 458. The molecule has 0 amide bonds. The Morgan fingerprint density at radius 2 is 2.16 bits per heavy atom. The van der Waals surface area contributed by atoms with Crippen molar-refractivity contribution in [3.8, 4) is 0 Å². The van der Waals surface area contributed by atoms with Crippen molar-refractivity contribution in [1.29, 1.82) is 0 Å². The SMILES string of the molecule is CNCCn1cc(S(=O)(=O)NCCCCOC)cn1. The molecule has 0 saturated heterocycles. The van der Waals surface area contributed by atoms with Crippen molar-refractivity contribution in [3.63, 3.8) is 0 Å². The predicted octanol–water partition coefficient (Wildman–Crippen LogP) is -0.193. The average molecular weight is 290 g/mol. The van der Waals surface area contributed by atoms with Crippen LogP contribution in [0.15, 0.2) is 17.3 Å². The Labute approximate surface area is 114 Å². The molecule has 0 aliphatic rings. The number of aromatic nitrogens is 2. The second kappa shape index (κ2) is 8.26. The molecule has 0 saturated carbocycles. The van der Waals surface area contributed by atoms with Crippen LogP contribution in [0.2, 0.25) is 0 Å². The Morgan fingerprint density at radius 3 is 2.84 bits per heavy atom. The molecule has 1 rings (SSSR count). The molecule has 0 aliphatic carbocycles. The van der Waals surface area contributed by atoms with E-state index in [-0.39, 0.29) is 4.90 Å². The number of rotatable bonds is 10. The van der Waals surface area contributed by atoms with Gasteiger partial charge in [-0.3, -0.25) is 4.68 Å². The van der Waals surface area contributed by atoms with E-state index in [1.807, 2.05) is 7.05 Å². The summed E-state index contributed by atoms with van der Waals surface area (Å²) in [5.41, 5.74) is 0. The van der Waals surface area contributed by atoms with Gasteiger partial charge in [-0.1, -0.05) is 0 Å². The van der Waals surface area contributed by atoms with Crippen LogP contribution in [0.5, 0.6) is 0 Å². The fourth-order valence-corrected chi connectivity index (χ4v) is 2.52. The highest BCUT2D eigenvalue weighted by Gasteiger charge is 2.15. The molecule has 0 atom stereocenters. The zero-order valence-electron chi connectivity index (χ0n) is 11.4. The minimum absolute atomic E-state index is 0.204. The molecule has 2 N–H and O–H groups in total.